The number of hydrogen-bond donors (Lipinski definition) is 1. The lowest BCUT2D eigenvalue weighted by Crippen LogP contribution is -2.41. The van der Waals surface area contributed by atoms with E-state index >= 15 is 0 Å². The molecular formula is C12H22N4O. The second-order valence-corrected chi connectivity index (χ2v) is 4.68. The van der Waals surface area contributed by atoms with E-state index in [1.807, 2.05) is 6.92 Å². The molecule has 0 aromatic heterocycles. The normalized spacial score (nSPS) is 19.1. The zero-order valence-electron chi connectivity index (χ0n) is 10.8. The van der Waals surface area contributed by atoms with E-state index in [1.54, 1.807) is 11.9 Å². The van der Waals surface area contributed by atoms with E-state index < -0.39 is 0 Å². The van der Waals surface area contributed by atoms with Crippen molar-refractivity contribution in [2.75, 3.05) is 46.3 Å². The maximum atomic E-state index is 11.9. The molecule has 0 aromatic rings. The van der Waals surface area contributed by atoms with Crippen LogP contribution in [0.3, 0.4) is 0 Å². The van der Waals surface area contributed by atoms with Gasteiger partial charge in [-0.3, -0.25) is 9.69 Å². The highest BCUT2D eigenvalue weighted by Gasteiger charge is 2.16. The third kappa shape index (κ3) is 5.16. The maximum Gasteiger partial charge on any atom is 0.236 e. The molecule has 1 saturated heterocycles. The van der Waals surface area contributed by atoms with Crippen LogP contribution in [0.2, 0.25) is 0 Å². The summed E-state index contributed by atoms with van der Waals surface area (Å²) >= 11 is 0. The van der Waals surface area contributed by atoms with Crippen LogP contribution in [0.5, 0.6) is 0 Å². The first-order valence-electron chi connectivity index (χ1n) is 6.20. The van der Waals surface area contributed by atoms with Crippen molar-refractivity contribution in [3.05, 3.63) is 0 Å². The fraction of sp³-hybridized carbons (Fsp3) is 0.833. The highest BCUT2D eigenvalue weighted by molar-refractivity contribution is 5.78. The number of likely N-dealkylation sites (N-methyl/N-ethyl adjacent to an activating group) is 1. The van der Waals surface area contributed by atoms with Gasteiger partial charge in [0.1, 0.15) is 0 Å². The van der Waals surface area contributed by atoms with Gasteiger partial charge in [0, 0.05) is 26.7 Å². The third-order valence-corrected chi connectivity index (χ3v) is 2.99. The average Bonchev–Trinajstić information content (AvgIpc) is 2.57. The minimum Gasteiger partial charge on any atom is -0.343 e. The summed E-state index contributed by atoms with van der Waals surface area (Å²) in [5.74, 6) is 0.00347. The van der Waals surface area contributed by atoms with E-state index in [-0.39, 0.29) is 11.8 Å². The van der Waals surface area contributed by atoms with Crippen LogP contribution in [-0.2, 0) is 4.79 Å². The Bertz CT molecular complexity index is 279. The van der Waals surface area contributed by atoms with Crippen LogP contribution in [0, 0.1) is 17.2 Å². The van der Waals surface area contributed by atoms with Crippen LogP contribution in [0.15, 0.2) is 0 Å². The lowest BCUT2D eigenvalue weighted by atomic mass is 10.2. The van der Waals surface area contributed by atoms with Gasteiger partial charge < -0.3 is 10.2 Å². The molecule has 1 amide bonds. The van der Waals surface area contributed by atoms with E-state index in [4.69, 9.17) is 5.26 Å². The zero-order valence-corrected chi connectivity index (χ0v) is 10.8. The number of rotatable bonds is 4. The highest BCUT2D eigenvalue weighted by Crippen LogP contribution is 2.00. The van der Waals surface area contributed by atoms with Gasteiger partial charge in [-0.1, -0.05) is 0 Å². The van der Waals surface area contributed by atoms with Gasteiger partial charge in [0.15, 0.2) is 0 Å². The lowest BCUT2D eigenvalue weighted by molar-refractivity contribution is -0.131. The molecule has 96 valence electrons. The van der Waals surface area contributed by atoms with Crippen molar-refractivity contribution in [3.8, 4) is 6.07 Å². The molecule has 0 saturated carbocycles. The molecule has 0 radical (unpaired) electrons. The molecule has 5 heteroatoms. The molecule has 1 N–H and O–H groups in total. The summed E-state index contributed by atoms with van der Waals surface area (Å²) < 4.78 is 0. The number of amides is 1. The molecule has 1 atom stereocenters. The van der Waals surface area contributed by atoms with Crippen molar-refractivity contribution in [2.45, 2.75) is 13.3 Å². The van der Waals surface area contributed by atoms with Gasteiger partial charge in [0.05, 0.1) is 18.5 Å². The predicted molar refractivity (Wildman–Crippen MR) is 66.3 cm³/mol. The largest absolute Gasteiger partial charge is 0.343 e. The van der Waals surface area contributed by atoms with E-state index in [0.717, 1.165) is 32.6 Å². The molecular weight excluding hydrogens is 216 g/mol. The van der Waals surface area contributed by atoms with Crippen LogP contribution in [-0.4, -0.2) is 62.0 Å². The Morgan fingerprint density at radius 2 is 2.29 bits per heavy atom. The second-order valence-electron chi connectivity index (χ2n) is 4.68. The highest BCUT2D eigenvalue weighted by atomic mass is 16.2. The smallest absolute Gasteiger partial charge is 0.236 e. The van der Waals surface area contributed by atoms with Crippen molar-refractivity contribution in [1.82, 2.24) is 15.1 Å². The van der Waals surface area contributed by atoms with Gasteiger partial charge in [0.25, 0.3) is 0 Å². The molecule has 1 fully saturated rings. The summed E-state index contributed by atoms with van der Waals surface area (Å²) in [5, 5.41) is 12.0. The fourth-order valence-electron chi connectivity index (χ4n) is 1.93. The monoisotopic (exact) mass is 238 g/mol. The SMILES string of the molecule is CC(C#N)CN(C)C(=O)CN1CCCNCC1. The first-order chi connectivity index (χ1) is 8.13. The third-order valence-electron chi connectivity index (χ3n) is 2.99. The van der Waals surface area contributed by atoms with Crippen molar-refractivity contribution < 1.29 is 4.79 Å². The van der Waals surface area contributed by atoms with Gasteiger partial charge >= 0.3 is 0 Å². The Labute approximate surface area is 103 Å². The summed E-state index contributed by atoms with van der Waals surface area (Å²) in [4.78, 5) is 15.8. The van der Waals surface area contributed by atoms with Crippen LogP contribution in [0.1, 0.15) is 13.3 Å². The van der Waals surface area contributed by atoms with Crippen molar-refractivity contribution in [3.63, 3.8) is 0 Å². The Balaban J connectivity index is 2.34. The second kappa shape index (κ2) is 7.25. The maximum absolute atomic E-state index is 11.9. The molecule has 0 aliphatic carbocycles. The van der Waals surface area contributed by atoms with Gasteiger partial charge in [0.2, 0.25) is 5.91 Å². The van der Waals surface area contributed by atoms with Crippen LogP contribution < -0.4 is 5.32 Å². The molecule has 1 rings (SSSR count). The summed E-state index contributed by atoms with van der Waals surface area (Å²) in [6, 6.07) is 2.15. The standard InChI is InChI=1S/C12H22N4O/c1-11(8-13)9-15(2)12(17)10-16-6-3-4-14-5-7-16/h11,14H,3-7,9-10H2,1-2H3. The average molecular weight is 238 g/mol. The molecule has 1 heterocycles. The first kappa shape index (κ1) is 13.9. The van der Waals surface area contributed by atoms with Crippen LogP contribution in [0.25, 0.3) is 0 Å². The molecule has 0 bridgehead atoms. The summed E-state index contributed by atoms with van der Waals surface area (Å²) in [6.45, 7) is 6.70. The Kier molecular flexibility index (Phi) is 5.95. The molecule has 17 heavy (non-hydrogen) atoms. The van der Waals surface area contributed by atoms with E-state index in [2.05, 4.69) is 16.3 Å². The number of nitrogens with zero attached hydrogens (tertiary/aromatic N) is 3. The summed E-state index contributed by atoms with van der Waals surface area (Å²) in [7, 11) is 1.77. The number of nitrogens with one attached hydrogen (secondary N) is 1. The van der Waals surface area contributed by atoms with Crippen LogP contribution >= 0.6 is 0 Å². The molecule has 1 aliphatic heterocycles. The quantitative estimate of drug-likeness (QED) is 0.743. The van der Waals surface area contributed by atoms with Gasteiger partial charge in [-0.2, -0.15) is 5.26 Å². The molecule has 0 spiro atoms. The Morgan fingerprint density at radius 3 is 3.00 bits per heavy atom. The topological polar surface area (TPSA) is 59.4 Å². The van der Waals surface area contributed by atoms with Crippen LogP contribution in [0.4, 0.5) is 0 Å². The zero-order chi connectivity index (χ0) is 12.7. The minimum atomic E-state index is -0.102. The van der Waals surface area contributed by atoms with Crippen molar-refractivity contribution >= 4 is 5.91 Å². The molecule has 5 nitrogen and oxygen atoms in total. The van der Waals surface area contributed by atoms with Gasteiger partial charge in [-0.05, 0) is 26.4 Å². The Hall–Kier alpha value is -1.12. The lowest BCUT2D eigenvalue weighted by Gasteiger charge is -2.24. The van der Waals surface area contributed by atoms with E-state index in [1.165, 1.54) is 0 Å². The van der Waals surface area contributed by atoms with Crippen molar-refractivity contribution in [1.29, 1.82) is 5.26 Å². The first-order valence-corrected chi connectivity index (χ1v) is 6.20. The summed E-state index contributed by atoms with van der Waals surface area (Å²) in [5.41, 5.74) is 0. The van der Waals surface area contributed by atoms with Gasteiger partial charge in [-0.25, -0.2) is 0 Å². The fourth-order valence-corrected chi connectivity index (χ4v) is 1.93. The molecule has 1 unspecified atom stereocenters. The van der Waals surface area contributed by atoms with E-state index in [0.29, 0.717) is 13.1 Å². The number of nitriles is 1. The summed E-state index contributed by atoms with van der Waals surface area (Å²) in [6.07, 6.45) is 1.09. The predicted octanol–water partition coefficient (Wildman–Crippen LogP) is -0.100. The molecule has 0 aromatic carbocycles. The number of hydrogen-bond acceptors (Lipinski definition) is 4. The minimum absolute atomic E-state index is 0.102. The number of carbonyl (C=O) groups excluding carboxylic acids is 1. The van der Waals surface area contributed by atoms with Crippen molar-refractivity contribution in [2.24, 2.45) is 5.92 Å². The molecule has 1 aliphatic rings. The Morgan fingerprint density at radius 1 is 1.53 bits per heavy atom. The number of carbonyl (C=O) groups is 1. The van der Waals surface area contributed by atoms with E-state index in [9.17, 15) is 4.79 Å². The van der Waals surface area contributed by atoms with Gasteiger partial charge in [-0.15, -0.1) is 0 Å².